The second kappa shape index (κ2) is 17.1. The number of piperidine rings is 3. The summed E-state index contributed by atoms with van der Waals surface area (Å²) in [6.07, 6.45) is 4.52. The first-order valence-electron chi connectivity index (χ1n) is 24.9. The summed E-state index contributed by atoms with van der Waals surface area (Å²) < 4.78 is 5.57. The first-order valence-corrected chi connectivity index (χ1v) is 24.9. The minimum Gasteiger partial charge on any atom is -0.444 e. The largest absolute Gasteiger partial charge is 0.444 e. The summed E-state index contributed by atoms with van der Waals surface area (Å²) in [5.41, 5.74) is 4.53. The molecule has 1 spiro atoms. The molecule has 11 rings (SSSR count). The van der Waals surface area contributed by atoms with Crippen LogP contribution < -0.4 is 25.8 Å². The number of carbonyl (C=O) groups excluding carboxylic acids is 7. The molecule has 362 valence electrons. The van der Waals surface area contributed by atoms with E-state index in [1.54, 1.807) is 4.90 Å². The molecule has 7 fully saturated rings. The molecule has 18 nitrogen and oxygen atoms in total. The van der Waals surface area contributed by atoms with E-state index in [2.05, 4.69) is 41.6 Å². The molecule has 0 radical (unpaired) electrons. The van der Waals surface area contributed by atoms with E-state index in [-0.39, 0.29) is 61.6 Å². The van der Waals surface area contributed by atoms with Crippen molar-refractivity contribution in [3.05, 3.63) is 58.1 Å². The third-order valence-electron chi connectivity index (χ3n) is 16.4. The standard InChI is InChI=1S/C50H64N10O8/c1-49(2,3)68-48(67)58-28-50(29-58)24-35(25-50)57-18-14-55(15-19-57)33-4-5-36-30(20-33)26-60(46(36)65)40-23-38(43(62)53-45(40)64)37-22-34(56-16-12-54(13-17-56)32-8-10-51-11-9-32)21-31-27-59(47(66)42(31)37)39-6-7-41(61)52-44(39)63/h4-5,20-22,32,35,38-40,51H,6-19,23-29H2,1-3H3,(H,52,61,63)(H,53,62,64). The molecule has 18 heteroatoms. The van der Waals surface area contributed by atoms with Crippen LogP contribution in [0.4, 0.5) is 16.2 Å². The summed E-state index contributed by atoms with van der Waals surface area (Å²) in [5, 5.41) is 8.43. The maximum atomic E-state index is 14.5. The fraction of sp³-hybridized carbons (Fsp3) is 0.620. The van der Waals surface area contributed by atoms with Gasteiger partial charge in [0.05, 0.1) is 5.92 Å². The van der Waals surface area contributed by atoms with Crippen LogP contribution in [0, 0.1) is 5.41 Å². The van der Waals surface area contributed by atoms with Crippen molar-refractivity contribution in [3.8, 4) is 0 Å². The van der Waals surface area contributed by atoms with Gasteiger partial charge in [0.2, 0.25) is 23.6 Å². The Bertz CT molecular complexity index is 2440. The molecule has 2 aromatic carbocycles. The molecule has 1 aliphatic carbocycles. The summed E-state index contributed by atoms with van der Waals surface area (Å²) >= 11 is 0. The number of carbonyl (C=O) groups is 7. The van der Waals surface area contributed by atoms with E-state index in [0.29, 0.717) is 34.3 Å². The summed E-state index contributed by atoms with van der Waals surface area (Å²) in [5.74, 6) is -3.51. The number of nitrogens with zero attached hydrogens (tertiary/aromatic N) is 7. The number of benzene rings is 2. The van der Waals surface area contributed by atoms with E-state index in [1.807, 2.05) is 49.9 Å². The van der Waals surface area contributed by atoms with Crippen molar-refractivity contribution in [1.82, 2.24) is 40.4 Å². The zero-order valence-corrected chi connectivity index (χ0v) is 39.5. The lowest BCUT2D eigenvalue weighted by Gasteiger charge is -2.61. The monoisotopic (exact) mass is 932 g/mol. The SMILES string of the molecule is CC(C)(C)OC(=O)N1CC2(CC(N3CCN(c4ccc5c(c4)CN(C4CC(c6cc(N7CCN(C8CCNCC8)CC7)cc7c6C(=O)N(C6CCC(=O)NC6=O)C7)C(=O)NC4=O)C5=O)CC3)C2)C1. The summed E-state index contributed by atoms with van der Waals surface area (Å²) in [6.45, 7) is 16.4. The Morgan fingerprint density at radius 3 is 1.97 bits per heavy atom. The van der Waals surface area contributed by atoms with Crippen molar-refractivity contribution in [3.63, 3.8) is 0 Å². The van der Waals surface area contributed by atoms with Crippen molar-refractivity contribution in [2.45, 2.75) is 114 Å². The first-order chi connectivity index (χ1) is 32.6. The van der Waals surface area contributed by atoms with E-state index >= 15 is 0 Å². The summed E-state index contributed by atoms with van der Waals surface area (Å²) in [6, 6.07) is 9.09. The highest BCUT2D eigenvalue weighted by Crippen LogP contribution is 2.51. The highest BCUT2D eigenvalue weighted by atomic mass is 16.6. The van der Waals surface area contributed by atoms with Gasteiger partial charge >= 0.3 is 6.09 Å². The van der Waals surface area contributed by atoms with Crippen LogP contribution in [-0.2, 0) is 37.0 Å². The topological polar surface area (TPSA) is 187 Å². The van der Waals surface area contributed by atoms with Gasteiger partial charge in [0.25, 0.3) is 11.8 Å². The maximum absolute atomic E-state index is 14.5. The fourth-order valence-corrected chi connectivity index (χ4v) is 12.8. The lowest BCUT2D eigenvalue weighted by molar-refractivity contribution is -0.139. The van der Waals surface area contributed by atoms with Gasteiger partial charge in [-0.15, -0.1) is 0 Å². The molecule has 3 N–H and O–H groups in total. The number of rotatable bonds is 7. The Morgan fingerprint density at radius 1 is 0.676 bits per heavy atom. The van der Waals surface area contributed by atoms with Gasteiger partial charge in [-0.25, -0.2) is 4.79 Å². The second-order valence-corrected chi connectivity index (χ2v) is 21.8. The highest BCUT2D eigenvalue weighted by molar-refractivity contribution is 6.10. The van der Waals surface area contributed by atoms with Crippen molar-refractivity contribution in [2.75, 3.05) is 88.3 Å². The molecule has 8 heterocycles. The van der Waals surface area contributed by atoms with Crippen LogP contribution in [0.2, 0.25) is 0 Å². The van der Waals surface area contributed by atoms with Gasteiger partial charge < -0.3 is 34.6 Å². The molecule has 6 saturated heterocycles. The quantitative estimate of drug-likeness (QED) is 0.343. The Morgan fingerprint density at radius 2 is 1.29 bits per heavy atom. The third kappa shape index (κ3) is 8.18. The van der Waals surface area contributed by atoms with Crippen LogP contribution in [0.3, 0.4) is 0 Å². The third-order valence-corrected chi connectivity index (χ3v) is 16.4. The Hall–Kier alpha value is -5.59. The van der Waals surface area contributed by atoms with Gasteiger partial charge in [-0.2, -0.15) is 0 Å². The maximum Gasteiger partial charge on any atom is 0.410 e. The molecule has 0 bridgehead atoms. The van der Waals surface area contributed by atoms with Crippen LogP contribution in [-0.4, -0.2) is 174 Å². The molecule has 7 amide bonds. The zero-order valence-electron chi connectivity index (χ0n) is 39.5. The summed E-state index contributed by atoms with van der Waals surface area (Å²) in [7, 11) is 0. The number of fused-ring (bicyclic) bond motifs is 2. The minimum atomic E-state index is -0.960. The van der Waals surface area contributed by atoms with Crippen molar-refractivity contribution >= 4 is 52.9 Å². The predicted molar refractivity (Wildman–Crippen MR) is 250 cm³/mol. The first kappa shape index (κ1) is 44.9. The van der Waals surface area contributed by atoms with Gasteiger partial charge in [0.15, 0.2) is 0 Å². The van der Waals surface area contributed by atoms with Crippen molar-refractivity contribution < 1.29 is 38.3 Å². The van der Waals surface area contributed by atoms with Crippen LogP contribution in [0.1, 0.15) is 109 Å². The van der Waals surface area contributed by atoms with E-state index < -0.39 is 41.3 Å². The number of nitrogens with one attached hydrogen (secondary N) is 3. The molecular weight excluding hydrogens is 869 g/mol. The minimum absolute atomic E-state index is 0.00574. The molecule has 68 heavy (non-hydrogen) atoms. The number of piperazine rings is 2. The second-order valence-electron chi connectivity index (χ2n) is 21.8. The molecule has 2 aromatic rings. The molecular formula is C50H64N10O8. The van der Waals surface area contributed by atoms with E-state index in [4.69, 9.17) is 4.74 Å². The van der Waals surface area contributed by atoms with Crippen LogP contribution >= 0.6 is 0 Å². The Balaban J connectivity index is 0.774. The summed E-state index contributed by atoms with van der Waals surface area (Å²) in [4.78, 5) is 109. The number of anilines is 2. The lowest BCUT2D eigenvalue weighted by atomic mass is 9.60. The molecule has 9 aliphatic rings. The van der Waals surface area contributed by atoms with Crippen LogP contribution in [0.15, 0.2) is 30.3 Å². The van der Waals surface area contributed by atoms with E-state index in [9.17, 15) is 33.6 Å². The fourth-order valence-electron chi connectivity index (χ4n) is 12.8. The molecule has 3 atom stereocenters. The molecule has 1 saturated carbocycles. The number of likely N-dealkylation sites (tertiary alicyclic amines) is 1. The lowest BCUT2D eigenvalue weighted by Crippen LogP contribution is -2.69. The van der Waals surface area contributed by atoms with Crippen molar-refractivity contribution in [2.24, 2.45) is 5.41 Å². The molecule has 8 aliphatic heterocycles. The van der Waals surface area contributed by atoms with Gasteiger partial charge in [0, 0.05) is 125 Å². The van der Waals surface area contributed by atoms with Gasteiger partial charge in [-0.1, -0.05) is 0 Å². The van der Waals surface area contributed by atoms with Crippen molar-refractivity contribution in [1.29, 1.82) is 0 Å². The molecule has 3 unspecified atom stereocenters. The normalized spacial score (nSPS) is 27.3. The Kier molecular flexibility index (Phi) is 11.3. The number of amides is 7. The van der Waals surface area contributed by atoms with Crippen LogP contribution in [0.25, 0.3) is 0 Å². The van der Waals surface area contributed by atoms with Gasteiger partial charge in [0.1, 0.15) is 17.7 Å². The van der Waals surface area contributed by atoms with Gasteiger partial charge in [-0.05, 0) is 119 Å². The number of imide groups is 2. The van der Waals surface area contributed by atoms with E-state index in [0.717, 1.165) is 121 Å². The smallest absolute Gasteiger partial charge is 0.410 e. The average molecular weight is 933 g/mol. The predicted octanol–water partition coefficient (Wildman–Crippen LogP) is 2.00. The van der Waals surface area contributed by atoms with E-state index in [1.165, 1.54) is 4.90 Å². The zero-order chi connectivity index (χ0) is 47.2. The molecule has 0 aromatic heterocycles. The number of ether oxygens (including phenoxy) is 1. The highest BCUT2D eigenvalue weighted by Gasteiger charge is 2.56. The Labute approximate surface area is 397 Å². The number of hydrogen-bond donors (Lipinski definition) is 3. The van der Waals surface area contributed by atoms with Crippen LogP contribution in [0.5, 0.6) is 0 Å². The van der Waals surface area contributed by atoms with Gasteiger partial charge in [-0.3, -0.25) is 49.2 Å². The number of hydrogen-bond acceptors (Lipinski definition) is 13. The average Bonchev–Trinajstić information content (AvgIpc) is 3.80.